The minimum atomic E-state index is 0.203. The van der Waals surface area contributed by atoms with E-state index in [0.29, 0.717) is 17.0 Å². The maximum absolute atomic E-state index is 9.79. The van der Waals surface area contributed by atoms with Gasteiger partial charge in [0.05, 0.1) is 5.69 Å². The lowest BCUT2D eigenvalue weighted by atomic mass is 10.1. The van der Waals surface area contributed by atoms with Crippen molar-refractivity contribution in [2.24, 2.45) is 4.99 Å². The van der Waals surface area contributed by atoms with E-state index in [9.17, 15) is 5.11 Å². The van der Waals surface area contributed by atoms with Crippen LogP contribution in [0.2, 0.25) is 0 Å². The number of aromatic hydroxyl groups is 1. The Hall–Kier alpha value is -3.40. The van der Waals surface area contributed by atoms with Crippen LogP contribution in [0.5, 0.6) is 5.75 Å². The molecule has 0 bridgehead atoms. The summed E-state index contributed by atoms with van der Waals surface area (Å²) in [5.74, 6) is 0.800. The van der Waals surface area contributed by atoms with E-state index in [-0.39, 0.29) is 5.75 Å². The SMILES string of the molecule is Cc1cccc(-c2nc3ccc(N=Cc4ccccc4O)cc3o2)c1. The van der Waals surface area contributed by atoms with Crippen LogP contribution in [-0.4, -0.2) is 16.3 Å². The topological polar surface area (TPSA) is 58.6 Å². The molecule has 4 nitrogen and oxygen atoms in total. The molecule has 0 aliphatic heterocycles. The van der Waals surface area contributed by atoms with Gasteiger partial charge in [-0.1, -0.05) is 29.8 Å². The van der Waals surface area contributed by atoms with Gasteiger partial charge in [0.1, 0.15) is 11.3 Å². The third-order valence-corrected chi connectivity index (χ3v) is 3.93. The van der Waals surface area contributed by atoms with Crippen molar-refractivity contribution in [1.82, 2.24) is 4.98 Å². The summed E-state index contributed by atoms with van der Waals surface area (Å²) in [6.07, 6.45) is 1.63. The molecule has 0 unspecified atom stereocenters. The van der Waals surface area contributed by atoms with Crippen molar-refractivity contribution >= 4 is 23.0 Å². The van der Waals surface area contributed by atoms with Crippen LogP contribution in [0.15, 0.2) is 76.1 Å². The molecule has 0 fully saturated rings. The summed E-state index contributed by atoms with van der Waals surface area (Å²) >= 11 is 0. The van der Waals surface area contributed by atoms with Gasteiger partial charge in [-0.15, -0.1) is 0 Å². The van der Waals surface area contributed by atoms with Crippen LogP contribution < -0.4 is 0 Å². The summed E-state index contributed by atoms with van der Waals surface area (Å²) in [6.45, 7) is 2.04. The number of aliphatic imine (C=N–C) groups is 1. The molecule has 0 amide bonds. The van der Waals surface area contributed by atoms with E-state index in [0.717, 1.165) is 22.3 Å². The second kappa shape index (κ2) is 6.24. The van der Waals surface area contributed by atoms with Gasteiger partial charge in [-0.3, -0.25) is 4.99 Å². The van der Waals surface area contributed by atoms with Gasteiger partial charge in [0.25, 0.3) is 0 Å². The Morgan fingerprint density at radius 3 is 2.72 bits per heavy atom. The van der Waals surface area contributed by atoms with E-state index in [1.54, 1.807) is 18.3 Å². The van der Waals surface area contributed by atoms with Crippen LogP contribution >= 0.6 is 0 Å². The molecule has 3 aromatic carbocycles. The van der Waals surface area contributed by atoms with Crippen molar-refractivity contribution in [3.63, 3.8) is 0 Å². The van der Waals surface area contributed by atoms with Crippen molar-refractivity contribution in [2.45, 2.75) is 6.92 Å². The molecule has 0 aliphatic carbocycles. The fourth-order valence-corrected chi connectivity index (χ4v) is 2.64. The number of benzene rings is 3. The lowest BCUT2D eigenvalue weighted by Gasteiger charge is -1.97. The van der Waals surface area contributed by atoms with E-state index < -0.39 is 0 Å². The number of hydrogen-bond donors (Lipinski definition) is 1. The Kier molecular flexibility index (Phi) is 3.78. The smallest absolute Gasteiger partial charge is 0.227 e. The highest BCUT2D eigenvalue weighted by atomic mass is 16.3. The predicted molar refractivity (Wildman–Crippen MR) is 99.5 cm³/mol. The third-order valence-electron chi connectivity index (χ3n) is 3.93. The minimum Gasteiger partial charge on any atom is -0.507 e. The van der Waals surface area contributed by atoms with Crippen molar-refractivity contribution in [2.75, 3.05) is 0 Å². The zero-order chi connectivity index (χ0) is 17.2. The van der Waals surface area contributed by atoms with E-state index in [1.165, 1.54) is 0 Å². The van der Waals surface area contributed by atoms with E-state index in [1.807, 2.05) is 61.5 Å². The van der Waals surface area contributed by atoms with Gasteiger partial charge in [0.15, 0.2) is 5.58 Å². The number of rotatable bonds is 3. The Morgan fingerprint density at radius 1 is 1.00 bits per heavy atom. The summed E-state index contributed by atoms with van der Waals surface area (Å²) in [5.41, 5.74) is 4.99. The van der Waals surface area contributed by atoms with Crippen molar-refractivity contribution < 1.29 is 9.52 Å². The first kappa shape index (κ1) is 15.1. The van der Waals surface area contributed by atoms with Gasteiger partial charge in [0, 0.05) is 23.4 Å². The van der Waals surface area contributed by atoms with Crippen LogP contribution in [0.1, 0.15) is 11.1 Å². The van der Waals surface area contributed by atoms with Gasteiger partial charge >= 0.3 is 0 Å². The Labute approximate surface area is 145 Å². The number of fused-ring (bicyclic) bond motifs is 1. The number of para-hydroxylation sites is 1. The van der Waals surface area contributed by atoms with Crippen LogP contribution in [0, 0.1) is 6.92 Å². The van der Waals surface area contributed by atoms with Gasteiger partial charge in [-0.2, -0.15) is 0 Å². The zero-order valence-corrected chi connectivity index (χ0v) is 13.7. The number of phenolic OH excluding ortho intramolecular Hbond substituents is 1. The molecule has 0 radical (unpaired) electrons. The van der Waals surface area contributed by atoms with Crippen LogP contribution in [0.4, 0.5) is 5.69 Å². The standard InChI is InChI=1S/C21H16N2O2/c1-14-5-4-7-15(11-14)21-23-18-10-9-17(12-20(18)25-21)22-13-16-6-2-3-8-19(16)24/h2-13,24H,1H3. The maximum Gasteiger partial charge on any atom is 0.227 e. The molecule has 0 saturated heterocycles. The van der Waals surface area contributed by atoms with Gasteiger partial charge < -0.3 is 9.52 Å². The van der Waals surface area contributed by atoms with Crippen molar-refractivity contribution in [3.8, 4) is 17.2 Å². The van der Waals surface area contributed by atoms with E-state index in [4.69, 9.17) is 4.42 Å². The molecule has 0 atom stereocenters. The third kappa shape index (κ3) is 3.15. The first-order chi connectivity index (χ1) is 12.2. The van der Waals surface area contributed by atoms with Crippen molar-refractivity contribution in [1.29, 1.82) is 0 Å². The molecule has 0 spiro atoms. The second-order valence-corrected chi connectivity index (χ2v) is 5.86. The fourth-order valence-electron chi connectivity index (χ4n) is 2.64. The highest BCUT2D eigenvalue weighted by Gasteiger charge is 2.08. The van der Waals surface area contributed by atoms with Crippen LogP contribution in [0.25, 0.3) is 22.6 Å². The number of hydrogen-bond acceptors (Lipinski definition) is 4. The van der Waals surface area contributed by atoms with Gasteiger partial charge in [0.2, 0.25) is 5.89 Å². The average Bonchev–Trinajstić information content (AvgIpc) is 3.04. The number of phenols is 1. The van der Waals surface area contributed by atoms with E-state index in [2.05, 4.69) is 9.98 Å². The first-order valence-corrected chi connectivity index (χ1v) is 7.99. The number of aromatic nitrogens is 1. The minimum absolute atomic E-state index is 0.203. The summed E-state index contributed by atoms with van der Waals surface area (Å²) in [6, 6.07) is 20.7. The molecule has 25 heavy (non-hydrogen) atoms. The number of aryl methyl sites for hydroxylation is 1. The second-order valence-electron chi connectivity index (χ2n) is 5.86. The molecule has 1 aromatic heterocycles. The van der Waals surface area contributed by atoms with E-state index >= 15 is 0 Å². The lowest BCUT2D eigenvalue weighted by molar-refractivity contribution is 0.474. The molecule has 1 N–H and O–H groups in total. The molecule has 122 valence electrons. The summed E-state index contributed by atoms with van der Waals surface area (Å²) in [5, 5.41) is 9.79. The summed E-state index contributed by atoms with van der Waals surface area (Å²) in [7, 11) is 0. The lowest BCUT2D eigenvalue weighted by Crippen LogP contribution is -1.80. The highest BCUT2D eigenvalue weighted by Crippen LogP contribution is 2.27. The monoisotopic (exact) mass is 328 g/mol. The van der Waals surface area contributed by atoms with Crippen molar-refractivity contribution in [3.05, 3.63) is 77.9 Å². The molecule has 1 heterocycles. The molecule has 0 aliphatic rings. The molecular formula is C21H16N2O2. The Balaban J connectivity index is 1.68. The maximum atomic E-state index is 9.79. The van der Waals surface area contributed by atoms with Gasteiger partial charge in [-0.05, 0) is 43.3 Å². The highest BCUT2D eigenvalue weighted by molar-refractivity contribution is 5.86. The molecule has 4 heteroatoms. The first-order valence-electron chi connectivity index (χ1n) is 7.99. The van der Waals surface area contributed by atoms with Gasteiger partial charge in [-0.25, -0.2) is 4.98 Å². The summed E-state index contributed by atoms with van der Waals surface area (Å²) in [4.78, 5) is 8.95. The molecule has 4 rings (SSSR count). The number of nitrogens with zero attached hydrogens (tertiary/aromatic N) is 2. The summed E-state index contributed by atoms with van der Waals surface area (Å²) < 4.78 is 5.89. The quantitative estimate of drug-likeness (QED) is 0.522. The van der Waals surface area contributed by atoms with Crippen LogP contribution in [0.3, 0.4) is 0 Å². The van der Waals surface area contributed by atoms with Crippen LogP contribution in [-0.2, 0) is 0 Å². The molecule has 4 aromatic rings. The predicted octanol–water partition coefficient (Wildman–Crippen LogP) is 5.26. The molecule has 0 saturated carbocycles. The molecular weight excluding hydrogens is 312 g/mol. The Bertz CT molecular complexity index is 1080. The average molecular weight is 328 g/mol. The fraction of sp³-hybridized carbons (Fsp3) is 0.0476. The Morgan fingerprint density at radius 2 is 1.88 bits per heavy atom. The largest absolute Gasteiger partial charge is 0.507 e. The number of oxazole rings is 1. The zero-order valence-electron chi connectivity index (χ0n) is 13.7. The normalized spacial score (nSPS) is 11.4.